The molecule has 4 rings (SSSR count). The Labute approximate surface area is 208 Å². The molecule has 0 bridgehead atoms. The molecule has 1 aliphatic rings. The zero-order valence-electron chi connectivity index (χ0n) is 19.8. The summed E-state index contributed by atoms with van der Waals surface area (Å²) in [6, 6.07) is 9.29. The lowest BCUT2D eigenvalue weighted by molar-refractivity contribution is -0.140. The molecule has 34 heavy (non-hydrogen) atoms. The van der Waals surface area contributed by atoms with Crippen molar-refractivity contribution in [2.45, 2.75) is 58.7 Å². The van der Waals surface area contributed by atoms with E-state index in [0.29, 0.717) is 6.54 Å². The van der Waals surface area contributed by atoms with E-state index in [-0.39, 0.29) is 36.6 Å². The number of benzene rings is 1. The van der Waals surface area contributed by atoms with Gasteiger partial charge in [0.1, 0.15) is 6.04 Å². The van der Waals surface area contributed by atoms with Gasteiger partial charge < -0.3 is 15.3 Å². The first-order valence-electron chi connectivity index (χ1n) is 11.4. The molecule has 0 aliphatic carbocycles. The standard InChI is InChI=1S/C25H30N4O3S2/c1-14(2)22(21-9-15(3)28-34-21)25(32)29-12-19(30)10-20(29)24(31)26-11-17-5-7-18(8-6-17)23-16(4)27-13-33-23/h5-9,13-14,19-20,22,30H,10-12H2,1-4H3,(H,26,31)/t19-,20+,22?/m1/s1. The lowest BCUT2D eigenvalue weighted by Gasteiger charge is -2.29. The number of amides is 2. The van der Waals surface area contributed by atoms with Gasteiger partial charge in [-0.15, -0.1) is 11.3 Å². The van der Waals surface area contributed by atoms with Crippen molar-refractivity contribution in [3.8, 4) is 10.4 Å². The van der Waals surface area contributed by atoms with E-state index in [4.69, 9.17) is 0 Å². The van der Waals surface area contributed by atoms with Crippen molar-refractivity contribution >= 4 is 34.7 Å². The highest BCUT2D eigenvalue weighted by molar-refractivity contribution is 7.13. The number of likely N-dealkylation sites (tertiary alicyclic amines) is 1. The second-order valence-corrected chi connectivity index (χ2v) is 10.9. The molecule has 9 heteroatoms. The lowest BCUT2D eigenvalue weighted by Crippen LogP contribution is -2.47. The predicted octanol–water partition coefficient (Wildman–Crippen LogP) is 3.90. The number of carbonyl (C=O) groups excluding carboxylic acids is 2. The highest BCUT2D eigenvalue weighted by atomic mass is 32.1. The molecule has 0 saturated carbocycles. The third-order valence-corrected chi connectivity index (χ3v) is 8.12. The zero-order valence-corrected chi connectivity index (χ0v) is 21.4. The van der Waals surface area contributed by atoms with Crippen molar-refractivity contribution in [3.63, 3.8) is 0 Å². The van der Waals surface area contributed by atoms with E-state index < -0.39 is 12.1 Å². The number of nitrogens with zero attached hydrogens (tertiary/aromatic N) is 3. The molecule has 2 N–H and O–H groups in total. The van der Waals surface area contributed by atoms with E-state index in [1.54, 1.807) is 16.2 Å². The minimum atomic E-state index is -0.711. The second kappa shape index (κ2) is 10.3. The van der Waals surface area contributed by atoms with Crippen molar-refractivity contribution in [3.05, 3.63) is 57.7 Å². The molecule has 3 heterocycles. The predicted molar refractivity (Wildman–Crippen MR) is 135 cm³/mol. The number of hydrogen-bond acceptors (Lipinski definition) is 7. The van der Waals surface area contributed by atoms with Crippen LogP contribution in [0.4, 0.5) is 0 Å². The molecule has 0 radical (unpaired) electrons. The van der Waals surface area contributed by atoms with Gasteiger partial charge in [0, 0.05) is 24.4 Å². The molecule has 1 aromatic carbocycles. The number of thiazole rings is 1. The number of aliphatic hydroxyl groups is 1. The molecule has 2 aromatic heterocycles. The summed E-state index contributed by atoms with van der Waals surface area (Å²) in [7, 11) is 0. The van der Waals surface area contributed by atoms with Crippen molar-refractivity contribution < 1.29 is 14.7 Å². The zero-order chi connectivity index (χ0) is 24.4. The largest absolute Gasteiger partial charge is 0.391 e. The normalized spacial score (nSPS) is 18.9. The lowest BCUT2D eigenvalue weighted by atomic mass is 9.92. The number of β-amino-alcohol motifs (C(OH)–C–C–N with tert-alkyl or cyclic N) is 1. The maximum absolute atomic E-state index is 13.5. The smallest absolute Gasteiger partial charge is 0.243 e. The molecular weight excluding hydrogens is 468 g/mol. The van der Waals surface area contributed by atoms with Crippen LogP contribution < -0.4 is 5.32 Å². The molecule has 0 spiro atoms. The van der Waals surface area contributed by atoms with Crippen LogP contribution in [-0.4, -0.2) is 49.9 Å². The first-order chi connectivity index (χ1) is 16.2. The molecule has 2 amide bonds. The fourth-order valence-electron chi connectivity index (χ4n) is 4.41. The first-order valence-corrected chi connectivity index (χ1v) is 13.1. The van der Waals surface area contributed by atoms with Gasteiger partial charge in [-0.25, -0.2) is 4.98 Å². The van der Waals surface area contributed by atoms with E-state index in [2.05, 4.69) is 14.7 Å². The molecule has 1 saturated heterocycles. The Kier molecular flexibility index (Phi) is 7.45. The number of aromatic nitrogens is 2. The Hall–Kier alpha value is -2.62. The molecule has 3 atom stereocenters. The van der Waals surface area contributed by atoms with Crippen LogP contribution in [0.15, 0.2) is 35.8 Å². The third kappa shape index (κ3) is 5.21. The fourth-order valence-corrected chi connectivity index (χ4v) is 6.23. The van der Waals surface area contributed by atoms with Crippen LogP contribution in [0.25, 0.3) is 10.4 Å². The van der Waals surface area contributed by atoms with Crippen molar-refractivity contribution in [2.75, 3.05) is 6.54 Å². The summed E-state index contributed by atoms with van der Waals surface area (Å²) in [4.78, 5) is 34.5. The van der Waals surface area contributed by atoms with Crippen molar-refractivity contribution in [1.29, 1.82) is 0 Å². The maximum Gasteiger partial charge on any atom is 0.243 e. The minimum Gasteiger partial charge on any atom is -0.391 e. The average molecular weight is 499 g/mol. The van der Waals surface area contributed by atoms with E-state index in [9.17, 15) is 14.7 Å². The van der Waals surface area contributed by atoms with Gasteiger partial charge in [-0.05, 0) is 48.5 Å². The topological polar surface area (TPSA) is 95.4 Å². The number of hydrogen-bond donors (Lipinski definition) is 2. The van der Waals surface area contributed by atoms with Gasteiger partial charge in [-0.2, -0.15) is 4.37 Å². The van der Waals surface area contributed by atoms with Gasteiger partial charge in [0.2, 0.25) is 11.8 Å². The number of aryl methyl sites for hydroxylation is 2. The number of rotatable bonds is 7. The van der Waals surface area contributed by atoms with Crippen molar-refractivity contribution in [1.82, 2.24) is 19.6 Å². The summed E-state index contributed by atoms with van der Waals surface area (Å²) in [6.07, 6.45) is -0.467. The molecule has 1 fully saturated rings. The molecule has 180 valence electrons. The van der Waals surface area contributed by atoms with Gasteiger partial charge in [-0.1, -0.05) is 38.1 Å². The van der Waals surface area contributed by atoms with Gasteiger partial charge in [0.15, 0.2) is 0 Å². The molecular formula is C25H30N4O3S2. The van der Waals surface area contributed by atoms with Crippen LogP contribution in [0.1, 0.15) is 48.0 Å². The molecule has 1 unspecified atom stereocenters. The number of nitrogens with one attached hydrogen (secondary N) is 1. The van der Waals surface area contributed by atoms with Gasteiger partial charge in [0.05, 0.1) is 33.8 Å². The van der Waals surface area contributed by atoms with Crippen LogP contribution in [0.3, 0.4) is 0 Å². The summed E-state index contributed by atoms with van der Waals surface area (Å²) in [6.45, 7) is 8.41. The third-order valence-electron chi connectivity index (χ3n) is 6.18. The first kappa shape index (κ1) is 24.5. The Morgan fingerprint density at radius 1 is 1.24 bits per heavy atom. The summed E-state index contributed by atoms with van der Waals surface area (Å²) in [5, 5.41) is 13.3. The summed E-state index contributed by atoms with van der Waals surface area (Å²) in [5.41, 5.74) is 5.79. The fraction of sp³-hybridized carbons (Fsp3) is 0.440. The monoisotopic (exact) mass is 498 g/mol. The van der Waals surface area contributed by atoms with E-state index >= 15 is 0 Å². The molecule has 3 aromatic rings. The van der Waals surface area contributed by atoms with Gasteiger partial charge in [-0.3, -0.25) is 9.59 Å². The summed E-state index contributed by atoms with van der Waals surface area (Å²) < 4.78 is 4.33. The Morgan fingerprint density at radius 2 is 1.97 bits per heavy atom. The van der Waals surface area contributed by atoms with E-state index in [1.807, 2.05) is 63.5 Å². The quantitative estimate of drug-likeness (QED) is 0.515. The van der Waals surface area contributed by atoms with E-state index in [1.165, 1.54) is 11.5 Å². The summed E-state index contributed by atoms with van der Waals surface area (Å²) >= 11 is 2.93. The average Bonchev–Trinajstić information content (AvgIpc) is 3.52. The Bertz CT molecular complexity index is 1160. The molecule has 1 aliphatic heterocycles. The van der Waals surface area contributed by atoms with E-state index in [0.717, 1.165) is 32.3 Å². The van der Waals surface area contributed by atoms with Crippen LogP contribution in [-0.2, 0) is 16.1 Å². The van der Waals surface area contributed by atoms with Crippen LogP contribution in [0.5, 0.6) is 0 Å². The van der Waals surface area contributed by atoms with Gasteiger partial charge >= 0.3 is 0 Å². The Morgan fingerprint density at radius 3 is 2.56 bits per heavy atom. The second-order valence-electron chi connectivity index (χ2n) is 9.17. The van der Waals surface area contributed by atoms with Crippen LogP contribution in [0, 0.1) is 19.8 Å². The number of carbonyl (C=O) groups is 2. The number of aliphatic hydroxyl groups excluding tert-OH is 1. The highest BCUT2D eigenvalue weighted by Gasteiger charge is 2.42. The minimum absolute atomic E-state index is 0.0505. The van der Waals surface area contributed by atoms with Crippen molar-refractivity contribution in [2.24, 2.45) is 5.92 Å². The Balaban J connectivity index is 1.43. The van der Waals surface area contributed by atoms with Crippen LogP contribution in [0.2, 0.25) is 0 Å². The SMILES string of the molecule is Cc1cc(C(C(=O)N2C[C@H](O)C[C@H]2C(=O)NCc2ccc(-c3scnc3C)cc2)C(C)C)sn1. The summed E-state index contributed by atoms with van der Waals surface area (Å²) in [5.74, 6) is -0.695. The molecule has 7 nitrogen and oxygen atoms in total. The van der Waals surface area contributed by atoms with Crippen LogP contribution >= 0.6 is 22.9 Å². The highest BCUT2D eigenvalue weighted by Crippen LogP contribution is 2.33. The maximum atomic E-state index is 13.5. The van der Waals surface area contributed by atoms with Gasteiger partial charge in [0.25, 0.3) is 0 Å².